The molecule has 0 unspecified atom stereocenters. The van der Waals surface area contributed by atoms with Crippen LogP contribution in [0.15, 0.2) is 24.4 Å². The molecule has 102 valence electrons. The minimum atomic E-state index is 0.750. The highest BCUT2D eigenvalue weighted by Gasteiger charge is 2.10. The lowest BCUT2D eigenvalue weighted by molar-refractivity contribution is -0.106. The van der Waals surface area contributed by atoms with Gasteiger partial charge in [-0.05, 0) is 27.3 Å². The fraction of sp³-hybridized carbons (Fsp3) is 0.643. The van der Waals surface area contributed by atoms with Gasteiger partial charge in [-0.25, -0.2) is 0 Å². The van der Waals surface area contributed by atoms with Crippen molar-refractivity contribution in [3.63, 3.8) is 0 Å². The molecule has 0 aliphatic carbocycles. The largest absolute Gasteiger partial charge is 0.390 e. The summed E-state index contributed by atoms with van der Waals surface area (Å²) in [5.74, 6) is 0. The van der Waals surface area contributed by atoms with Crippen LogP contribution in [0.25, 0.3) is 0 Å². The first-order valence-electron chi connectivity index (χ1n) is 6.10. The minimum absolute atomic E-state index is 0.750. The monoisotopic (exact) mass is 242 g/mol. The highest BCUT2D eigenvalue weighted by Crippen LogP contribution is 2.12. The number of carbonyl (C=O) groups is 1. The number of rotatable bonds is 1. The molecule has 0 atom stereocenters. The van der Waals surface area contributed by atoms with Crippen molar-refractivity contribution in [3.05, 3.63) is 24.4 Å². The second-order valence-corrected chi connectivity index (χ2v) is 3.23. The third-order valence-corrected chi connectivity index (χ3v) is 2.11. The van der Waals surface area contributed by atoms with Crippen molar-refractivity contribution in [3.8, 4) is 0 Å². The molecular weight excluding hydrogens is 212 g/mol. The van der Waals surface area contributed by atoms with Crippen LogP contribution in [-0.4, -0.2) is 38.4 Å². The highest BCUT2D eigenvalue weighted by molar-refractivity contribution is 5.44. The van der Waals surface area contributed by atoms with Crippen molar-refractivity contribution in [2.24, 2.45) is 0 Å². The number of nitrogens with zero attached hydrogens (tertiary/aromatic N) is 1. The molecule has 0 aromatic heterocycles. The van der Waals surface area contributed by atoms with Crippen molar-refractivity contribution in [2.45, 2.75) is 34.1 Å². The maximum absolute atomic E-state index is 8.81. The van der Waals surface area contributed by atoms with Crippen molar-refractivity contribution in [2.75, 3.05) is 27.2 Å². The van der Waals surface area contributed by atoms with E-state index in [-0.39, 0.29) is 0 Å². The Labute approximate surface area is 108 Å². The molecule has 1 rings (SSSR count). The summed E-state index contributed by atoms with van der Waals surface area (Å²) in [6.45, 7) is 15.9. The summed E-state index contributed by atoms with van der Waals surface area (Å²) in [6, 6.07) is 0. The fourth-order valence-electron chi connectivity index (χ4n) is 1.29. The predicted octanol–water partition coefficient (Wildman–Crippen LogP) is 2.85. The molecule has 0 amide bonds. The van der Waals surface area contributed by atoms with Crippen molar-refractivity contribution < 1.29 is 4.79 Å². The number of hydrogen-bond acceptors (Lipinski definition) is 3. The van der Waals surface area contributed by atoms with E-state index >= 15 is 0 Å². The first kappa shape index (κ1) is 21.2. The lowest BCUT2D eigenvalue weighted by Gasteiger charge is -2.25. The maximum atomic E-state index is 8.81. The Kier molecular flexibility index (Phi) is 21.6. The van der Waals surface area contributed by atoms with Gasteiger partial charge >= 0.3 is 0 Å². The maximum Gasteiger partial charge on any atom is 0.116 e. The predicted molar refractivity (Wildman–Crippen MR) is 78.2 cm³/mol. The Balaban J connectivity index is -0.000000239. The first-order valence-corrected chi connectivity index (χ1v) is 6.10. The number of aldehydes is 1. The zero-order chi connectivity index (χ0) is 14.3. The molecule has 0 radical (unpaired) electrons. The summed E-state index contributed by atoms with van der Waals surface area (Å²) in [4.78, 5) is 11.1. The number of likely N-dealkylation sites (N-methyl/N-ethyl adjacent to an activating group) is 2. The summed E-state index contributed by atoms with van der Waals surface area (Å²) >= 11 is 0. The van der Waals surface area contributed by atoms with E-state index in [4.69, 9.17) is 4.79 Å². The van der Waals surface area contributed by atoms with Crippen molar-refractivity contribution >= 4 is 6.29 Å². The number of hydrogen-bond donors (Lipinski definition) is 1. The summed E-state index contributed by atoms with van der Waals surface area (Å²) in [5, 5.41) is 3.22. The van der Waals surface area contributed by atoms with E-state index in [1.807, 2.05) is 20.9 Å². The van der Waals surface area contributed by atoms with Crippen LogP contribution < -0.4 is 5.32 Å². The molecule has 1 aliphatic heterocycles. The molecule has 1 aliphatic rings. The van der Waals surface area contributed by atoms with E-state index < -0.39 is 0 Å². The molecule has 3 nitrogen and oxygen atoms in total. The second kappa shape index (κ2) is 17.3. The zero-order valence-corrected chi connectivity index (χ0v) is 12.5. The lowest BCUT2D eigenvalue weighted by Crippen LogP contribution is -2.31. The topological polar surface area (TPSA) is 32.3 Å². The molecule has 0 saturated carbocycles. The molecule has 0 aromatic carbocycles. The van der Waals surface area contributed by atoms with Crippen LogP contribution in [-0.2, 0) is 4.79 Å². The summed E-state index contributed by atoms with van der Waals surface area (Å²) < 4.78 is 0. The van der Waals surface area contributed by atoms with E-state index in [0.717, 1.165) is 12.8 Å². The van der Waals surface area contributed by atoms with Crippen molar-refractivity contribution in [1.82, 2.24) is 10.2 Å². The van der Waals surface area contributed by atoms with Gasteiger partial charge < -0.3 is 15.0 Å². The van der Waals surface area contributed by atoms with Crippen LogP contribution in [0.1, 0.15) is 34.1 Å². The molecule has 17 heavy (non-hydrogen) atoms. The van der Waals surface area contributed by atoms with Gasteiger partial charge in [0.15, 0.2) is 0 Å². The minimum Gasteiger partial charge on any atom is -0.390 e. The lowest BCUT2D eigenvalue weighted by atomic mass is 10.1. The second-order valence-electron chi connectivity index (χ2n) is 3.23. The van der Waals surface area contributed by atoms with Crippen LogP contribution in [0.2, 0.25) is 0 Å². The van der Waals surface area contributed by atoms with Crippen LogP contribution in [0, 0.1) is 0 Å². The van der Waals surface area contributed by atoms with E-state index in [2.05, 4.69) is 37.3 Å². The van der Waals surface area contributed by atoms with Gasteiger partial charge in [-0.15, -0.1) is 13.2 Å². The highest BCUT2D eigenvalue weighted by atomic mass is 16.1. The number of carbonyl (C=O) groups excluding carboxylic acids is 1. The van der Waals surface area contributed by atoms with Crippen LogP contribution in [0.5, 0.6) is 0 Å². The van der Waals surface area contributed by atoms with Crippen molar-refractivity contribution in [1.29, 1.82) is 0 Å². The van der Waals surface area contributed by atoms with E-state index in [1.165, 1.54) is 31.2 Å². The molecule has 0 aromatic rings. The molecule has 0 saturated heterocycles. The van der Waals surface area contributed by atoms with E-state index in [1.54, 1.807) is 0 Å². The molecule has 0 bridgehead atoms. The quantitative estimate of drug-likeness (QED) is 0.567. The Morgan fingerprint density at radius 3 is 2.06 bits per heavy atom. The molecule has 3 heteroatoms. The van der Waals surface area contributed by atoms with Gasteiger partial charge in [0.25, 0.3) is 0 Å². The van der Waals surface area contributed by atoms with Gasteiger partial charge in [0.2, 0.25) is 0 Å². The Bertz CT molecular complexity index is 200. The van der Waals surface area contributed by atoms with Crippen LogP contribution in [0.3, 0.4) is 0 Å². The Morgan fingerprint density at radius 2 is 1.76 bits per heavy atom. The molecular formula is C14H30N2O. The van der Waals surface area contributed by atoms with E-state index in [0.29, 0.717) is 0 Å². The smallest absolute Gasteiger partial charge is 0.116 e. The van der Waals surface area contributed by atoms with Gasteiger partial charge in [0, 0.05) is 25.8 Å². The molecule has 1 heterocycles. The standard InChI is InChI=1S/C8H16N2.C2H4O.C2H6.C2H4/c1-7-4-5-10(3)6-8(7)9-2;1-2-3;2*1-2/h9H,4-6H2,1-3H3;2H,1H3;1-2H3;1-2H2. The van der Waals surface area contributed by atoms with E-state index in [9.17, 15) is 0 Å². The third-order valence-electron chi connectivity index (χ3n) is 2.11. The van der Waals surface area contributed by atoms with Gasteiger partial charge in [0.1, 0.15) is 6.29 Å². The van der Waals surface area contributed by atoms with Gasteiger partial charge in [-0.2, -0.15) is 0 Å². The molecule has 0 spiro atoms. The van der Waals surface area contributed by atoms with Gasteiger partial charge in [0.05, 0.1) is 0 Å². The first-order chi connectivity index (χ1) is 8.15. The number of nitrogens with one attached hydrogen (secondary N) is 1. The normalized spacial score (nSPS) is 14.0. The summed E-state index contributed by atoms with van der Waals surface area (Å²) in [6.07, 6.45) is 1.96. The van der Waals surface area contributed by atoms with Crippen LogP contribution >= 0.6 is 0 Å². The molecule has 1 N–H and O–H groups in total. The van der Waals surface area contributed by atoms with Gasteiger partial charge in [-0.1, -0.05) is 19.4 Å². The molecule has 0 fully saturated rings. The average Bonchev–Trinajstić information content (AvgIpc) is 2.38. The van der Waals surface area contributed by atoms with Crippen LogP contribution in [0.4, 0.5) is 0 Å². The Morgan fingerprint density at radius 1 is 1.35 bits per heavy atom. The average molecular weight is 242 g/mol. The SMILES string of the molecule is C=C.CC.CC=O.CNC1=C(C)CCN(C)C1. The zero-order valence-electron chi connectivity index (χ0n) is 12.5. The van der Waals surface area contributed by atoms with Gasteiger partial charge in [-0.3, -0.25) is 0 Å². The summed E-state index contributed by atoms with van der Waals surface area (Å²) in [5.41, 5.74) is 2.91. The summed E-state index contributed by atoms with van der Waals surface area (Å²) in [7, 11) is 4.15. The Hall–Kier alpha value is -1.09. The fourth-order valence-corrected chi connectivity index (χ4v) is 1.29. The third kappa shape index (κ3) is 12.8.